The van der Waals surface area contributed by atoms with Gasteiger partial charge in [-0.2, -0.15) is 0 Å². The van der Waals surface area contributed by atoms with E-state index in [0.717, 1.165) is 5.69 Å². The summed E-state index contributed by atoms with van der Waals surface area (Å²) in [5, 5.41) is 2.69. The molecule has 0 saturated heterocycles. The summed E-state index contributed by atoms with van der Waals surface area (Å²) >= 11 is 0. The van der Waals surface area contributed by atoms with Crippen LogP contribution in [0.1, 0.15) is 16.2 Å². The van der Waals surface area contributed by atoms with Gasteiger partial charge in [-0.15, -0.1) is 0 Å². The Hall–Kier alpha value is -2.50. The minimum atomic E-state index is -0.351. The molecule has 2 heterocycles. The number of anilines is 2. The van der Waals surface area contributed by atoms with Crippen molar-refractivity contribution in [2.24, 2.45) is 0 Å². The van der Waals surface area contributed by atoms with E-state index < -0.39 is 0 Å². The molecule has 0 unspecified atom stereocenters. The second-order valence-electron chi connectivity index (χ2n) is 3.47. The monoisotopic (exact) mass is 229 g/mol. The van der Waals surface area contributed by atoms with E-state index in [9.17, 15) is 4.79 Å². The van der Waals surface area contributed by atoms with E-state index in [1.807, 2.05) is 6.92 Å². The number of nitrogens with zero attached hydrogens (tertiary/aromatic N) is 3. The number of carbonyl (C=O) groups is 1. The first-order chi connectivity index (χ1) is 8.15. The molecule has 0 spiro atoms. The summed E-state index contributed by atoms with van der Waals surface area (Å²) in [5.41, 5.74) is 7.11. The second-order valence-corrected chi connectivity index (χ2v) is 3.47. The number of nitrogens with one attached hydrogen (secondary N) is 1. The molecule has 2 aromatic heterocycles. The molecule has 86 valence electrons. The van der Waals surface area contributed by atoms with Crippen LogP contribution in [0.4, 0.5) is 11.5 Å². The molecule has 17 heavy (non-hydrogen) atoms. The Morgan fingerprint density at radius 2 is 2.24 bits per heavy atom. The zero-order chi connectivity index (χ0) is 12.3. The van der Waals surface area contributed by atoms with E-state index >= 15 is 0 Å². The van der Waals surface area contributed by atoms with Crippen LogP contribution in [0.3, 0.4) is 0 Å². The van der Waals surface area contributed by atoms with Crippen LogP contribution in [0, 0.1) is 6.92 Å². The van der Waals surface area contributed by atoms with Gasteiger partial charge in [-0.1, -0.05) is 0 Å². The average molecular weight is 229 g/mol. The number of carbonyl (C=O) groups excluding carboxylic acids is 1. The maximum absolute atomic E-state index is 11.8. The molecule has 0 aromatic carbocycles. The van der Waals surface area contributed by atoms with E-state index in [2.05, 4.69) is 20.3 Å². The standard InChI is InChI=1S/C11H11N5O/c1-7-4-8(2-3-14-7)15-11(17)9-5-13-6-10(12)16-9/h2-6H,1H3,(H2,12,16)(H,14,15,17). The molecule has 2 aromatic rings. The number of aromatic nitrogens is 3. The Morgan fingerprint density at radius 1 is 1.41 bits per heavy atom. The Balaban J connectivity index is 2.17. The molecule has 0 saturated carbocycles. The third-order valence-electron chi connectivity index (χ3n) is 2.04. The molecule has 3 N–H and O–H groups in total. The Bertz CT molecular complexity index is 555. The normalized spacial score (nSPS) is 9.94. The third-order valence-corrected chi connectivity index (χ3v) is 2.04. The topological polar surface area (TPSA) is 93.8 Å². The average Bonchev–Trinajstić information content (AvgIpc) is 2.29. The van der Waals surface area contributed by atoms with Crippen molar-refractivity contribution in [1.29, 1.82) is 0 Å². The molecule has 0 fully saturated rings. The molecule has 0 aliphatic rings. The number of nitrogens with two attached hydrogens (primary N) is 1. The zero-order valence-corrected chi connectivity index (χ0v) is 9.21. The minimum absolute atomic E-state index is 0.180. The van der Waals surface area contributed by atoms with Gasteiger partial charge in [0.15, 0.2) is 0 Å². The second kappa shape index (κ2) is 4.56. The van der Waals surface area contributed by atoms with Crippen molar-refractivity contribution in [3.63, 3.8) is 0 Å². The van der Waals surface area contributed by atoms with Gasteiger partial charge in [0.1, 0.15) is 11.5 Å². The first kappa shape index (κ1) is 11.0. The van der Waals surface area contributed by atoms with Gasteiger partial charge in [-0.3, -0.25) is 14.8 Å². The highest BCUT2D eigenvalue weighted by Gasteiger charge is 2.08. The Kier molecular flexibility index (Phi) is 2.95. The molecule has 6 heteroatoms. The van der Waals surface area contributed by atoms with Gasteiger partial charge < -0.3 is 11.1 Å². The highest BCUT2D eigenvalue weighted by atomic mass is 16.1. The predicted octanol–water partition coefficient (Wildman–Crippen LogP) is 1.01. The quantitative estimate of drug-likeness (QED) is 0.801. The van der Waals surface area contributed by atoms with Crippen LogP contribution in [0.25, 0.3) is 0 Å². The van der Waals surface area contributed by atoms with E-state index in [4.69, 9.17) is 5.73 Å². The van der Waals surface area contributed by atoms with Gasteiger partial charge >= 0.3 is 0 Å². The van der Waals surface area contributed by atoms with Crippen molar-refractivity contribution in [3.05, 3.63) is 42.1 Å². The van der Waals surface area contributed by atoms with Crippen LogP contribution in [0.15, 0.2) is 30.7 Å². The number of hydrogen-bond donors (Lipinski definition) is 2. The highest BCUT2D eigenvalue weighted by Crippen LogP contribution is 2.08. The largest absolute Gasteiger partial charge is 0.382 e. The smallest absolute Gasteiger partial charge is 0.275 e. The van der Waals surface area contributed by atoms with Gasteiger partial charge in [0.25, 0.3) is 5.91 Å². The van der Waals surface area contributed by atoms with Crippen LogP contribution >= 0.6 is 0 Å². The van der Waals surface area contributed by atoms with Crippen molar-refractivity contribution < 1.29 is 4.79 Å². The van der Waals surface area contributed by atoms with Crippen molar-refractivity contribution >= 4 is 17.4 Å². The number of amides is 1. The number of rotatable bonds is 2. The Morgan fingerprint density at radius 3 is 2.94 bits per heavy atom. The SMILES string of the molecule is Cc1cc(NC(=O)c2cncc(N)n2)ccn1. The fourth-order valence-electron chi connectivity index (χ4n) is 1.31. The molecule has 0 radical (unpaired) electrons. The van der Waals surface area contributed by atoms with Crippen molar-refractivity contribution in [1.82, 2.24) is 15.0 Å². The molecule has 1 amide bonds. The van der Waals surface area contributed by atoms with E-state index in [0.29, 0.717) is 5.69 Å². The van der Waals surface area contributed by atoms with Gasteiger partial charge in [-0.05, 0) is 19.1 Å². The van der Waals surface area contributed by atoms with Crippen LogP contribution in [-0.2, 0) is 0 Å². The van der Waals surface area contributed by atoms with Gasteiger partial charge in [0, 0.05) is 17.6 Å². The molecular formula is C11H11N5O. The first-order valence-electron chi connectivity index (χ1n) is 4.96. The minimum Gasteiger partial charge on any atom is -0.382 e. The number of pyridine rings is 1. The van der Waals surface area contributed by atoms with Crippen LogP contribution in [0.2, 0.25) is 0 Å². The molecule has 0 bridgehead atoms. The zero-order valence-electron chi connectivity index (χ0n) is 9.21. The number of hydrogen-bond acceptors (Lipinski definition) is 5. The van der Waals surface area contributed by atoms with Gasteiger partial charge in [0.05, 0.1) is 12.4 Å². The van der Waals surface area contributed by atoms with Crippen LogP contribution in [0.5, 0.6) is 0 Å². The summed E-state index contributed by atoms with van der Waals surface area (Å²) in [6.45, 7) is 1.84. The van der Waals surface area contributed by atoms with E-state index in [-0.39, 0.29) is 17.4 Å². The molecule has 0 atom stereocenters. The lowest BCUT2D eigenvalue weighted by molar-refractivity contribution is 0.102. The lowest BCUT2D eigenvalue weighted by atomic mass is 10.3. The summed E-state index contributed by atoms with van der Waals surface area (Å²) in [6.07, 6.45) is 4.36. The maximum atomic E-state index is 11.8. The molecular weight excluding hydrogens is 218 g/mol. The molecule has 6 nitrogen and oxygen atoms in total. The van der Waals surface area contributed by atoms with Gasteiger partial charge in [0.2, 0.25) is 0 Å². The van der Waals surface area contributed by atoms with Crippen molar-refractivity contribution in [3.8, 4) is 0 Å². The predicted molar refractivity (Wildman–Crippen MR) is 63.4 cm³/mol. The summed E-state index contributed by atoms with van der Waals surface area (Å²) < 4.78 is 0. The summed E-state index contributed by atoms with van der Waals surface area (Å²) in [4.78, 5) is 23.5. The van der Waals surface area contributed by atoms with Crippen LogP contribution < -0.4 is 11.1 Å². The Labute approximate surface area is 97.9 Å². The number of nitrogen functional groups attached to an aromatic ring is 1. The van der Waals surface area contributed by atoms with E-state index in [1.54, 1.807) is 18.3 Å². The lowest BCUT2D eigenvalue weighted by Gasteiger charge is -2.04. The molecule has 2 rings (SSSR count). The molecule has 0 aliphatic carbocycles. The van der Waals surface area contributed by atoms with E-state index in [1.165, 1.54) is 12.4 Å². The fraction of sp³-hybridized carbons (Fsp3) is 0.0909. The first-order valence-corrected chi connectivity index (χ1v) is 4.96. The van der Waals surface area contributed by atoms with Crippen molar-refractivity contribution in [2.75, 3.05) is 11.1 Å². The summed E-state index contributed by atoms with van der Waals surface area (Å²) in [5.74, 6) is -0.140. The number of aryl methyl sites for hydroxylation is 1. The molecule has 0 aliphatic heterocycles. The highest BCUT2D eigenvalue weighted by molar-refractivity contribution is 6.02. The van der Waals surface area contributed by atoms with Gasteiger partial charge in [-0.25, -0.2) is 4.98 Å². The summed E-state index contributed by atoms with van der Waals surface area (Å²) in [7, 11) is 0. The fourth-order valence-corrected chi connectivity index (χ4v) is 1.31. The third kappa shape index (κ3) is 2.75. The van der Waals surface area contributed by atoms with Crippen LogP contribution in [-0.4, -0.2) is 20.9 Å². The van der Waals surface area contributed by atoms with Crippen molar-refractivity contribution in [2.45, 2.75) is 6.92 Å². The maximum Gasteiger partial charge on any atom is 0.275 e. The summed E-state index contributed by atoms with van der Waals surface area (Å²) in [6, 6.07) is 3.46. The lowest BCUT2D eigenvalue weighted by Crippen LogP contribution is -2.14.